The average molecular weight is 333 g/mol. The molecule has 0 aliphatic rings. The Kier molecular flexibility index (Phi) is 3.66. The molecule has 100 valence electrons. The van der Waals surface area contributed by atoms with Gasteiger partial charge in [0.1, 0.15) is 5.75 Å². The number of benzene rings is 1. The van der Waals surface area contributed by atoms with Gasteiger partial charge in [0.25, 0.3) is 0 Å². The van der Waals surface area contributed by atoms with Gasteiger partial charge in [-0.1, -0.05) is 0 Å². The number of anilines is 1. The van der Waals surface area contributed by atoms with E-state index in [0.717, 1.165) is 12.1 Å². The number of nitrogens with two attached hydrogens (primary N) is 1. The van der Waals surface area contributed by atoms with E-state index in [1.165, 1.54) is 18.3 Å². The Morgan fingerprint density at radius 3 is 2.32 bits per heavy atom. The highest BCUT2D eigenvalue weighted by Crippen LogP contribution is 2.32. The maximum Gasteiger partial charge on any atom is 0.416 e. The van der Waals surface area contributed by atoms with Gasteiger partial charge in [-0.3, -0.25) is 0 Å². The summed E-state index contributed by atoms with van der Waals surface area (Å²) >= 11 is 3.19. The summed E-state index contributed by atoms with van der Waals surface area (Å²) in [7, 11) is 0. The summed E-state index contributed by atoms with van der Waals surface area (Å²) in [4.78, 5) is 3.93. The van der Waals surface area contributed by atoms with Crippen molar-refractivity contribution in [3.05, 3.63) is 46.6 Å². The molecule has 3 nitrogen and oxygen atoms in total. The molecule has 0 radical (unpaired) electrons. The molecule has 2 aromatic rings. The van der Waals surface area contributed by atoms with Gasteiger partial charge < -0.3 is 10.5 Å². The fraction of sp³-hybridized carbons (Fsp3) is 0.0833. The van der Waals surface area contributed by atoms with Crippen LogP contribution in [0.4, 0.5) is 18.9 Å². The van der Waals surface area contributed by atoms with E-state index in [0.29, 0.717) is 4.47 Å². The molecular formula is C12H8BrF3N2O. The molecule has 0 saturated carbocycles. The number of rotatable bonds is 2. The molecule has 0 saturated heterocycles. The lowest BCUT2D eigenvalue weighted by Gasteiger charge is -2.09. The molecule has 19 heavy (non-hydrogen) atoms. The number of halogens is 4. The van der Waals surface area contributed by atoms with E-state index in [-0.39, 0.29) is 17.3 Å². The maximum atomic E-state index is 12.4. The van der Waals surface area contributed by atoms with Crippen LogP contribution in [-0.2, 0) is 6.18 Å². The molecule has 0 amide bonds. The summed E-state index contributed by atoms with van der Waals surface area (Å²) in [6.45, 7) is 0. The van der Waals surface area contributed by atoms with E-state index in [9.17, 15) is 13.2 Å². The third kappa shape index (κ3) is 3.37. The summed E-state index contributed by atoms with van der Waals surface area (Å²) < 4.78 is 43.1. The van der Waals surface area contributed by atoms with Crippen molar-refractivity contribution in [3.8, 4) is 11.6 Å². The van der Waals surface area contributed by atoms with Crippen LogP contribution < -0.4 is 10.5 Å². The van der Waals surface area contributed by atoms with Crippen molar-refractivity contribution in [2.75, 3.05) is 5.73 Å². The first kappa shape index (κ1) is 13.7. The molecule has 0 atom stereocenters. The van der Waals surface area contributed by atoms with Gasteiger partial charge >= 0.3 is 6.18 Å². The Morgan fingerprint density at radius 2 is 1.79 bits per heavy atom. The van der Waals surface area contributed by atoms with E-state index < -0.39 is 11.7 Å². The van der Waals surface area contributed by atoms with Gasteiger partial charge in [0.2, 0.25) is 5.88 Å². The number of nitrogens with zero attached hydrogens (tertiary/aromatic N) is 1. The van der Waals surface area contributed by atoms with Crippen LogP contribution in [0.5, 0.6) is 11.6 Å². The van der Waals surface area contributed by atoms with Gasteiger partial charge in [-0.25, -0.2) is 4.98 Å². The lowest BCUT2D eigenvalue weighted by atomic mass is 10.2. The van der Waals surface area contributed by atoms with Crippen LogP contribution in [0.3, 0.4) is 0 Å². The first-order chi connectivity index (χ1) is 8.86. The molecule has 0 fully saturated rings. The summed E-state index contributed by atoms with van der Waals surface area (Å²) in [6.07, 6.45) is -2.89. The first-order valence-electron chi connectivity index (χ1n) is 5.12. The van der Waals surface area contributed by atoms with Crippen molar-refractivity contribution in [2.24, 2.45) is 0 Å². The molecule has 1 aromatic carbocycles. The zero-order valence-electron chi connectivity index (χ0n) is 9.41. The van der Waals surface area contributed by atoms with Gasteiger partial charge in [0.15, 0.2) is 0 Å². The molecule has 1 heterocycles. The Hall–Kier alpha value is -1.76. The molecule has 1 aromatic heterocycles. The number of pyridine rings is 1. The van der Waals surface area contributed by atoms with Crippen molar-refractivity contribution >= 4 is 21.6 Å². The van der Waals surface area contributed by atoms with Crippen LogP contribution in [0.15, 0.2) is 41.0 Å². The third-order valence-corrected chi connectivity index (χ3v) is 2.68. The first-order valence-corrected chi connectivity index (χ1v) is 5.92. The van der Waals surface area contributed by atoms with E-state index in [2.05, 4.69) is 20.9 Å². The fourth-order valence-electron chi connectivity index (χ4n) is 1.35. The highest BCUT2D eigenvalue weighted by Gasteiger charge is 2.30. The van der Waals surface area contributed by atoms with E-state index in [1.54, 1.807) is 6.07 Å². The normalized spacial score (nSPS) is 11.4. The zero-order chi connectivity index (χ0) is 14.0. The van der Waals surface area contributed by atoms with Gasteiger partial charge in [-0.2, -0.15) is 13.2 Å². The summed E-state index contributed by atoms with van der Waals surface area (Å²) in [6, 6.07) is 5.89. The molecule has 2 rings (SSSR count). The number of aromatic nitrogens is 1. The summed E-state index contributed by atoms with van der Waals surface area (Å²) in [5, 5.41) is 0. The molecule has 0 unspecified atom stereocenters. The molecular weight excluding hydrogens is 325 g/mol. The number of nitrogen functional groups attached to an aromatic ring is 1. The number of ether oxygens (including phenoxy) is 1. The monoisotopic (exact) mass is 332 g/mol. The van der Waals surface area contributed by atoms with E-state index in [4.69, 9.17) is 10.5 Å². The standard InChI is InChI=1S/C12H8BrF3N2O/c13-8-5-10(17)11(18-6-8)19-9-3-1-7(2-4-9)12(14,15)16/h1-6H,17H2. The van der Waals surface area contributed by atoms with E-state index in [1.807, 2.05) is 0 Å². The molecule has 0 aliphatic heterocycles. The molecule has 0 aliphatic carbocycles. The number of hydrogen-bond acceptors (Lipinski definition) is 3. The predicted octanol–water partition coefficient (Wildman–Crippen LogP) is 4.24. The number of alkyl halides is 3. The van der Waals surface area contributed by atoms with Crippen LogP contribution in [0, 0.1) is 0 Å². The average Bonchev–Trinajstić information content (AvgIpc) is 2.32. The molecule has 0 spiro atoms. The Bertz CT molecular complexity index is 585. The minimum absolute atomic E-state index is 0.142. The van der Waals surface area contributed by atoms with Crippen molar-refractivity contribution in [1.29, 1.82) is 0 Å². The molecule has 0 bridgehead atoms. The minimum atomic E-state index is -4.37. The maximum absolute atomic E-state index is 12.4. The molecule has 2 N–H and O–H groups in total. The number of hydrogen-bond donors (Lipinski definition) is 1. The van der Waals surface area contributed by atoms with Gasteiger partial charge in [0.05, 0.1) is 11.3 Å². The lowest BCUT2D eigenvalue weighted by molar-refractivity contribution is -0.137. The Labute approximate surface area is 115 Å². The Balaban J connectivity index is 2.20. The van der Waals surface area contributed by atoms with Crippen molar-refractivity contribution in [2.45, 2.75) is 6.18 Å². The van der Waals surface area contributed by atoms with Crippen molar-refractivity contribution < 1.29 is 17.9 Å². The van der Waals surface area contributed by atoms with E-state index >= 15 is 0 Å². The second-order valence-electron chi connectivity index (χ2n) is 3.67. The second kappa shape index (κ2) is 5.08. The predicted molar refractivity (Wildman–Crippen MR) is 67.9 cm³/mol. The molecule has 7 heteroatoms. The van der Waals surface area contributed by atoms with Crippen LogP contribution in [-0.4, -0.2) is 4.98 Å². The Morgan fingerprint density at radius 1 is 1.16 bits per heavy atom. The van der Waals surface area contributed by atoms with Crippen LogP contribution in [0.1, 0.15) is 5.56 Å². The summed E-state index contributed by atoms with van der Waals surface area (Å²) in [5.74, 6) is 0.373. The van der Waals surface area contributed by atoms with Crippen LogP contribution in [0.2, 0.25) is 0 Å². The fourth-order valence-corrected chi connectivity index (χ4v) is 1.70. The quantitative estimate of drug-likeness (QED) is 0.894. The van der Waals surface area contributed by atoms with Gasteiger partial charge in [-0.15, -0.1) is 0 Å². The largest absolute Gasteiger partial charge is 0.437 e. The SMILES string of the molecule is Nc1cc(Br)cnc1Oc1ccc(C(F)(F)F)cc1. The zero-order valence-corrected chi connectivity index (χ0v) is 11.0. The lowest BCUT2D eigenvalue weighted by Crippen LogP contribution is -2.04. The second-order valence-corrected chi connectivity index (χ2v) is 4.59. The van der Waals surface area contributed by atoms with Crippen LogP contribution in [0.25, 0.3) is 0 Å². The topological polar surface area (TPSA) is 48.1 Å². The van der Waals surface area contributed by atoms with Crippen molar-refractivity contribution in [1.82, 2.24) is 4.98 Å². The van der Waals surface area contributed by atoms with Crippen LogP contribution >= 0.6 is 15.9 Å². The van der Waals surface area contributed by atoms with Gasteiger partial charge in [-0.05, 0) is 46.3 Å². The summed E-state index contributed by atoms with van der Waals surface area (Å²) in [5.41, 5.74) is 5.22. The highest BCUT2D eigenvalue weighted by molar-refractivity contribution is 9.10. The smallest absolute Gasteiger partial charge is 0.416 e. The van der Waals surface area contributed by atoms with Gasteiger partial charge in [0, 0.05) is 10.7 Å². The highest BCUT2D eigenvalue weighted by atomic mass is 79.9. The minimum Gasteiger partial charge on any atom is -0.437 e. The van der Waals surface area contributed by atoms with Crippen molar-refractivity contribution in [3.63, 3.8) is 0 Å². The third-order valence-electron chi connectivity index (χ3n) is 2.24.